The topological polar surface area (TPSA) is 102 Å². The minimum Gasteiger partial charge on any atom is -1.00 e. The van der Waals surface area contributed by atoms with E-state index in [1.54, 1.807) is 0 Å². The van der Waals surface area contributed by atoms with Crippen molar-refractivity contribution in [1.29, 1.82) is 0 Å². The SMILES string of the molecule is CCCCCNC(=O)c1coc([C@@H]2[C@@H](Cc3ccccc3CCC(=O)O)[C@@H]3CC[C@H]2O3)n1.[H-].[K+]. The third kappa shape index (κ3) is 6.55. The molecule has 2 saturated heterocycles. The molecule has 2 aliphatic rings. The van der Waals surface area contributed by atoms with Crippen LogP contribution in [0.15, 0.2) is 34.9 Å². The number of fused-ring (bicyclic) bond motifs is 2. The molecule has 174 valence electrons. The molecule has 0 spiro atoms. The molecular weight excluding hydrogens is 447 g/mol. The van der Waals surface area contributed by atoms with E-state index in [2.05, 4.69) is 23.3 Å². The van der Waals surface area contributed by atoms with Crippen molar-refractivity contribution in [2.75, 3.05) is 6.54 Å². The first-order valence-electron chi connectivity index (χ1n) is 11.7. The maximum absolute atomic E-state index is 12.4. The number of benzene rings is 1. The molecule has 0 unspecified atom stereocenters. The van der Waals surface area contributed by atoms with E-state index >= 15 is 0 Å². The summed E-state index contributed by atoms with van der Waals surface area (Å²) in [6, 6.07) is 8.03. The van der Waals surface area contributed by atoms with Gasteiger partial charge in [-0.1, -0.05) is 44.0 Å². The Labute approximate surface area is 239 Å². The Morgan fingerprint density at radius 1 is 1.18 bits per heavy atom. The second-order valence-electron chi connectivity index (χ2n) is 8.88. The van der Waals surface area contributed by atoms with Gasteiger partial charge in [-0.3, -0.25) is 9.59 Å². The van der Waals surface area contributed by atoms with Crippen molar-refractivity contribution >= 4 is 11.9 Å². The summed E-state index contributed by atoms with van der Waals surface area (Å²) >= 11 is 0. The molecule has 4 rings (SSSR count). The molecule has 2 aliphatic heterocycles. The predicted molar refractivity (Wildman–Crippen MR) is 120 cm³/mol. The number of unbranched alkanes of at least 4 members (excludes halogenated alkanes) is 2. The minimum atomic E-state index is -0.791. The van der Waals surface area contributed by atoms with E-state index in [1.807, 2.05) is 18.2 Å². The fraction of sp³-hybridized carbons (Fsp3) is 0.560. The van der Waals surface area contributed by atoms with Gasteiger partial charge in [-0.2, -0.15) is 0 Å². The van der Waals surface area contributed by atoms with Crippen molar-refractivity contribution in [3.63, 3.8) is 0 Å². The fourth-order valence-electron chi connectivity index (χ4n) is 5.08. The van der Waals surface area contributed by atoms with E-state index in [4.69, 9.17) is 14.3 Å². The number of hydrogen-bond acceptors (Lipinski definition) is 5. The van der Waals surface area contributed by atoms with Gasteiger partial charge in [-0.05, 0) is 43.2 Å². The fourth-order valence-corrected chi connectivity index (χ4v) is 5.08. The number of aryl methyl sites for hydroxylation is 1. The van der Waals surface area contributed by atoms with Crippen molar-refractivity contribution < 1.29 is 76.7 Å². The molecule has 2 bridgehead atoms. The molecule has 1 amide bonds. The largest absolute Gasteiger partial charge is 1.00 e. The van der Waals surface area contributed by atoms with Gasteiger partial charge in [0.05, 0.1) is 18.1 Å². The molecule has 1 aromatic heterocycles. The number of aromatic nitrogens is 1. The Bertz CT molecular complexity index is 953. The summed E-state index contributed by atoms with van der Waals surface area (Å²) in [4.78, 5) is 28.0. The molecule has 2 fully saturated rings. The molecular formula is C25H33KN2O5. The zero-order chi connectivity index (χ0) is 22.5. The van der Waals surface area contributed by atoms with Crippen LogP contribution < -0.4 is 56.7 Å². The number of oxazole rings is 1. The monoisotopic (exact) mass is 480 g/mol. The maximum Gasteiger partial charge on any atom is 1.00 e. The van der Waals surface area contributed by atoms with Crippen molar-refractivity contribution in [3.05, 3.63) is 53.2 Å². The average molecular weight is 481 g/mol. The summed E-state index contributed by atoms with van der Waals surface area (Å²) < 4.78 is 12.0. The van der Waals surface area contributed by atoms with Crippen LogP contribution in [0.5, 0.6) is 0 Å². The molecule has 8 heteroatoms. The maximum atomic E-state index is 12.4. The third-order valence-corrected chi connectivity index (χ3v) is 6.71. The van der Waals surface area contributed by atoms with Crippen LogP contribution in [-0.4, -0.2) is 40.7 Å². The zero-order valence-corrected chi connectivity index (χ0v) is 22.7. The number of carboxylic acid groups (broad SMARTS) is 1. The standard InChI is InChI=1S/C25H32N2O5.K.H/c1-2-3-6-13-26-24(30)19-15-31-25(27-19)23-18(20-10-11-21(23)32-20)14-17-8-5-4-7-16(17)9-12-22(28)29;;/h4-5,7-8,15,18,20-21,23H,2-3,6,9-14H2,1H3,(H,26,30)(H,28,29);;/q;+1;-1/t18-,20-,21+,23+;;/m0../s1. The van der Waals surface area contributed by atoms with Crippen LogP contribution in [-0.2, 0) is 22.4 Å². The zero-order valence-electron chi connectivity index (χ0n) is 20.6. The Kier molecular flexibility index (Phi) is 10.1. The molecule has 0 radical (unpaired) electrons. The molecule has 0 aliphatic carbocycles. The molecule has 2 N–H and O–H groups in total. The number of aliphatic carboxylic acids is 1. The smallest absolute Gasteiger partial charge is 1.00 e. The van der Waals surface area contributed by atoms with Gasteiger partial charge in [0.25, 0.3) is 5.91 Å². The van der Waals surface area contributed by atoms with Crippen molar-refractivity contribution in [2.45, 2.75) is 76.4 Å². The molecule has 0 saturated carbocycles. The van der Waals surface area contributed by atoms with Crippen molar-refractivity contribution in [1.82, 2.24) is 10.3 Å². The van der Waals surface area contributed by atoms with Crippen LogP contribution in [0, 0.1) is 5.92 Å². The number of ether oxygens (including phenoxy) is 1. The van der Waals surface area contributed by atoms with Crippen molar-refractivity contribution in [2.24, 2.45) is 5.92 Å². The minimum absolute atomic E-state index is 0. The Morgan fingerprint density at radius 2 is 1.94 bits per heavy atom. The van der Waals surface area contributed by atoms with Gasteiger partial charge in [-0.15, -0.1) is 0 Å². The van der Waals surface area contributed by atoms with Crippen molar-refractivity contribution in [3.8, 4) is 0 Å². The van der Waals surface area contributed by atoms with Gasteiger partial charge >= 0.3 is 57.4 Å². The van der Waals surface area contributed by atoms with Gasteiger partial charge in [0.1, 0.15) is 6.26 Å². The van der Waals surface area contributed by atoms with Crippen LogP contribution in [0.1, 0.15) is 80.3 Å². The summed E-state index contributed by atoms with van der Waals surface area (Å²) in [5.74, 6) is -0.220. The summed E-state index contributed by atoms with van der Waals surface area (Å²) in [5, 5.41) is 12.0. The number of rotatable bonds is 11. The summed E-state index contributed by atoms with van der Waals surface area (Å²) in [6.45, 7) is 2.77. The van der Waals surface area contributed by atoms with Crippen LogP contribution in [0.3, 0.4) is 0 Å². The van der Waals surface area contributed by atoms with E-state index in [1.165, 1.54) is 6.26 Å². The van der Waals surface area contributed by atoms with Gasteiger partial charge in [0, 0.05) is 18.9 Å². The number of carbonyl (C=O) groups is 2. The Balaban J connectivity index is 0.00000204. The number of carbonyl (C=O) groups excluding carboxylic acids is 1. The summed E-state index contributed by atoms with van der Waals surface area (Å²) in [5.41, 5.74) is 2.54. The summed E-state index contributed by atoms with van der Waals surface area (Å²) in [7, 11) is 0. The Hall–Kier alpha value is -1.03. The van der Waals surface area contributed by atoms with E-state index < -0.39 is 5.97 Å². The quantitative estimate of drug-likeness (QED) is 0.371. The normalized spacial score (nSPS) is 23.3. The molecule has 7 nitrogen and oxygen atoms in total. The van der Waals surface area contributed by atoms with Crippen LogP contribution in [0.4, 0.5) is 0 Å². The van der Waals surface area contributed by atoms with Crippen LogP contribution >= 0.6 is 0 Å². The molecule has 4 atom stereocenters. The first-order chi connectivity index (χ1) is 15.6. The third-order valence-electron chi connectivity index (χ3n) is 6.71. The number of nitrogens with zero attached hydrogens (tertiary/aromatic N) is 1. The van der Waals surface area contributed by atoms with E-state index in [-0.39, 0.29) is 89.2 Å². The number of carboxylic acids is 1. The van der Waals surface area contributed by atoms with E-state index in [9.17, 15) is 9.59 Å². The predicted octanol–water partition coefficient (Wildman–Crippen LogP) is 1.23. The molecule has 3 heterocycles. The molecule has 33 heavy (non-hydrogen) atoms. The Morgan fingerprint density at radius 3 is 2.70 bits per heavy atom. The first kappa shape index (κ1) is 26.6. The average Bonchev–Trinajstić information content (AvgIpc) is 3.52. The van der Waals surface area contributed by atoms with Gasteiger partial charge in [0.15, 0.2) is 5.69 Å². The summed E-state index contributed by atoms with van der Waals surface area (Å²) in [6.07, 6.45) is 8.17. The van der Waals surface area contributed by atoms with Gasteiger partial charge in [-0.25, -0.2) is 4.98 Å². The van der Waals surface area contributed by atoms with Gasteiger partial charge < -0.3 is 21.0 Å². The van der Waals surface area contributed by atoms with Crippen LogP contribution in [0.25, 0.3) is 0 Å². The van der Waals surface area contributed by atoms with E-state index in [0.29, 0.717) is 24.6 Å². The molecule has 1 aromatic carbocycles. The second-order valence-corrected chi connectivity index (χ2v) is 8.88. The molecule has 2 aromatic rings. The van der Waals surface area contributed by atoms with Gasteiger partial charge in [0.2, 0.25) is 5.89 Å². The number of hydrogen-bond donors (Lipinski definition) is 2. The number of amides is 1. The first-order valence-corrected chi connectivity index (χ1v) is 11.7. The van der Waals surface area contributed by atoms with Crippen LogP contribution in [0.2, 0.25) is 0 Å². The van der Waals surface area contributed by atoms with E-state index in [0.717, 1.165) is 49.7 Å². The number of nitrogens with one attached hydrogen (secondary N) is 1. The second kappa shape index (κ2) is 12.6.